The summed E-state index contributed by atoms with van der Waals surface area (Å²) in [7, 11) is 0. The molecule has 1 aliphatic rings. The van der Waals surface area contributed by atoms with Crippen molar-refractivity contribution in [1.29, 1.82) is 0 Å². The maximum atomic E-state index is 4.58. The molecule has 1 aromatic rings. The lowest BCUT2D eigenvalue weighted by Crippen LogP contribution is -2.62. The van der Waals surface area contributed by atoms with E-state index in [1.807, 2.05) is 12.3 Å². The maximum Gasteiger partial charge on any atom is 0.0573 e. The van der Waals surface area contributed by atoms with E-state index in [2.05, 4.69) is 55.9 Å². The SMILES string of the molecule is CCC(C)C1CNC(C)(C)CN1Cc1ncccc1C. The number of nitrogens with one attached hydrogen (secondary N) is 1. The molecule has 3 heteroatoms. The van der Waals surface area contributed by atoms with Crippen molar-refractivity contribution in [3.63, 3.8) is 0 Å². The Morgan fingerprint density at radius 1 is 1.50 bits per heavy atom. The molecule has 1 aromatic heterocycles. The molecule has 0 aromatic carbocycles. The Balaban J connectivity index is 2.17. The molecule has 0 bridgehead atoms. The van der Waals surface area contributed by atoms with E-state index in [1.54, 1.807) is 0 Å². The summed E-state index contributed by atoms with van der Waals surface area (Å²) < 4.78 is 0. The van der Waals surface area contributed by atoms with Gasteiger partial charge in [0.05, 0.1) is 5.69 Å². The molecule has 0 radical (unpaired) electrons. The first-order chi connectivity index (χ1) is 9.43. The quantitative estimate of drug-likeness (QED) is 0.915. The lowest BCUT2D eigenvalue weighted by molar-refractivity contribution is 0.0559. The molecular formula is C17H29N3. The van der Waals surface area contributed by atoms with E-state index in [1.165, 1.54) is 17.7 Å². The van der Waals surface area contributed by atoms with Crippen LogP contribution < -0.4 is 5.32 Å². The van der Waals surface area contributed by atoms with Crippen molar-refractivity contribution >= 4 is 0 Å². The van der Waals surface area contributed by atoms with Crippen molar-refractivity contribution in [3.8, 4) is 0 Å². The normalized spacial score (nSPS) is 24.6. The fourth-order valence-corrected chi connectivity index (χ4v) is 3.07. The largest absolute Gasteiger partial charge is 0.309 e. The van der Waals surface area contributed by atoms with Crippen LogP contribution in [0.3, 0.4) is 0 Å². The molecule has 1 aliphatic heterocycles. The van der Waals surface area contributed by atoms with Gasteiger partial charge in [0.1, 0.15) is 0 Å². The first-order valence-electron chi connectivity index (χ1n) is 7.82. The molecule has 2 atom stereocenters. The second kappa shape index (κ2) is 6.23. The minimum absolute atomic E-state index is 0.187. The molecule has 20 heavy (non-hydrogen) atoms. The van der Waals surface area contributed by atoms with E-state index in [0.29, 0.717) is 12.0 Å². The molecule has 2 unspecified atom stereocenters. The van der Waals surface area contributed by atoms with Gasteiger partial charge in [-0.3, -0.25) is 9.88 Å². The molecule has 0 amide bonds. The summed E-state index contributed by atoms with van der Waals surface area (Å²) in [6.45, 7) is 14.5. The van der Waals surface area contributed by atoms with Crippen LogP contribution in [0, 0.1) is 12.8 Å². The van der Waals surface area contributed by atoms with E-state index in [9.17, 15) is 0 Å². The van der Waals surface area contributed by atoms with E-state index >= 15 is 0 Å². The Hall–Kier alpha value is -0.930. The lowest BCUT2D eigenvalue weighted by Gasteiger charge is -2.46. The highest BCUT2D eigenvalue weighted by Gasteiger charge is 2.34. The van der Waals surface area contributed by atoms with E-state index < -0.39 is 0 Å². The zero-order valence-corrected chi connectivity index (χ0v) is 13.6. The average molecular weight is 275 g/mol. The minimum atomic E-state index is 0.187. The fraction of sp³-hybridized carbons (Fsp3) is 0.706. The highest BCUT2D eigenvalue weighted by molar-refractivity contribution is 5.18. The maximum absolute atomic E-state index is 4.58. The van der Waals surface area contributed by atoms with Gasteiger partial charge in [-0.1, -0.05) is 26.3 Å². The highest BCUT2D eigenvalue weighted by atomic mass is 15.3. The topological polar surface area (TPSA) is 28.2 Å². The second-order valence-electron chi connectivity index (χ2n) is 6.89. The van der Waals surface area contributed by atoms with Gasteiger partial charge in [0, 0.05) is 37.4 Å². The van der Waals surface area contributed by atoms with Crippen LogP contribution in [0.25, 0.3) is 0 Å². The number of hydrogen-bond acceptors (Lipinski definition) is 3. The van der Waals surface area contributed by atoms with Gasteiger partial charge in [-0.15, -0.1) is 0 Å². The number of rotatable bonds is 4. The number of hydrogen-bond donors (Lipinski definition) is 1. The third-order valence-corrected chi connectivity index (χ3v) is 4.63. The first kappa shape index (κ1) is 15.5. The summed E-state index contributed by atoms with van der Waals surface area (Å²) in [5.74, 6) is 0.711. The Morgan fingerprint density at radius 2 is 2.25 bits per heavy atom. The number of nitrogens with zero attached hydrogens (tertiary/aromatic N) is 2. The van der Waals surface area contributed by atoms with Crippen molar-refractivity contribution in [1.82, 2.24) is 15.2 Å². The Kier molecular flexibility index (Phi) is 4.82. The summed E-state index contributed by atoms with van der Waals surface area (Å²) in [5, 5.41) is 3.69. The molecule has 112 valence electrons. The third-order valence-electron chi connectivity index (χ3n) is 4.63. The van der Waals surface area contributed by atoms with Gasteiger partial charge in [0.25, 0.3) is 0 Å². The summed E-state index contributed by atoms with van der Waals surface area (Å²) in [6, 6.07) is 4.79. The van der Waals surface area contributed by atoms with Crippen LogP contribution >= 0.6 is 0 Å². The molecule has 1 N–H and O–H groups in total. The number of piperazine rings is 1. The zero-order valence-electron chi connectivity index (χ0n) is 13.6. The molecule has 0 saturated carbocycles. The van der Waals surface area contributed by atoms with Crippen molar-refractivity contribution in [2.24, 2.45) is 5.92 Å². The van der Waals surface area contributed by atoms with Gasteiger partial charge in [0.2, 0.25) is 0 Å². The monoisotopic (exact) mass is 275 g/mol. The predicted molar refractivity (Wildman–Crippen MR) is 84.7 cm³/mol. The van der Waals surface area contributed by atoms with Crippen LogP contribution in [-0.4, -0.2) is 34.6 Å². The van der Waals surface area contributed by atoms with Gasteiger partial charge >= 0.3 is 0 Å². The van der Waals surface area contributed by atoms with Gasteiger partial charge < -0.3 is 5.32 Å². The van der Waals surface area contributed by atoms with E-state index in [-0.39, 0.29) is 5.54 Å². The van der Waals surface area contributed by atoms with Crippen molar-refractivity contribution in [2.45, 2.75) is 59.2 Å². The fourth-order valence-electron chi connectivity index (χ4n) is 3.07. The van der Waals surface area contributed by atoms with Gasteiger partial charge in [-0.05, 0) is 38.3 Å². The summed E-state index contributed by atoms with van der Waals surface area (Å²) in [5.41, 5.74) is 2.71. The smallest absolute Gasteiger partial charge is 0.0573 e. The van der Waals surface area contributed by atoms with Crippen LogP contribution in [0.2, 0.25) is 0 Å². The molecule has 3 nitrogen and oxygen atoms in total. The summed E-state index contributed by atoms with van der Waals surface area (Å²) >= 11 is 0. The number of pyridine rings is 1. The van der Waals surface area contributed by atoms with Crippen LogP contribution in [0.4, 0.5) is 0 Å². The molecule has 1 fully saturated rings. The van der Waals surface area contributed by atoms with Gasteiger partial charge in [-0.2, -0.15) is 0 Å². The van der Waals surface area contributed by atoms with E-state index in [0.717, 1.165) is 19.6 Å². The first-order valence-corrected chi connectivity index (χ1v) is 7.82. The Morgan fingerprint density at radius 3 is 2.90 bits per heavy atom. The molecule has 0 spiro atoms. The summed E-state index contributed by atoms with van der Waals surface area (Å²) in [6.07, 6.45) is 3.14. The molecule has 0 aliphatic carbocycles. The number of aryl methyl sites for hydroxylation is 1. The Bertz CT molecular complexity index is 442. The zero-order chi connectivity index (χ0) is 14.8. The highest BCUT2D eigenvalue weighted by Crippen LogP contribution is 2.24. The lowest BCUT2D eigenvalue weighted by atomic mass is 9.90. The van der Waals surface area contributed by atoms with E-state index in [4.69, 9.17) is 0 Å². The predicted octanol–water partition coefficient (Wildman–Crippen LogP) is 2.99. The molecule has 2 rings (SSSR count). The molecular weight excluding hydrogens is 246 g/mol. The Labute approximate surface area is 123 Å². The summed E-state index contributed by atoms with van der Waals surface area (Å²) in [4.78, 5) is 7.20. The molecule has 2 heterocycles. The van der Waals surface area contributed by atoms with Crippen molar-refractivity contribution in [3.05, 3.63) is 29.6 Å². The third kappa shape index (κ3) is 3.58. The standard InChI is InChI=1S/C17H29N3/c1-6-13(2)16-10-19-17(4,5)12-20(16)11-15-14(3)8-7-9-18-15/h7-9,13,16,19H,6,10-12H2,1-5H3. The van der Waals surface area contributed by atoms with Crippen molar-refractivity contribution in [2.75, 3.05) is 13.1 Å². The van der Waals surface area contributed by atoms with Gasteiger partial charge in [-0.25, -0.2) is 0 Å². The number of aromatic nitrogens is 1. The van der Waals surface area contributed by atoms with Crippen LogP contribution in [0.5, 0.6) is 0 Å². The van der Waals surface area contributed by atoms with Crippen LogP contribution in [0.1, 0.15) is 45.4 Å². The average Bonchev–Trinajstić information content (AvgIpc) is 2.40. The molecule has 1 saturated heterocycles. The van der Waals surface area contributed by atoms with Crippen molar-refractivity contribution < 1.29 is 0 Å². The van der Waals surface area contributed by atoms with Crippen LogP contribution in [-0.2, 0) is 6.54 Å². The van der Waals surface area contributed by atoms with Gasteiger partial charge in [0.15, 0.2) is 0 Å². The van der Waals surface area contributed by atoms with Crippen LogP contribution in [0.15, 0.2) is 18.3 Å². The minimum Gasteiger partial charge on any atom is -0.309 e. The second-order valence-corrected chi connectivity index (χ2v) is 6.89.